The number of thioether (sulfide) groups is 1. The molecular weight excluding hydrogens is 324 g/mol. The van der Waals surface area contributed by atoms with E-state index < -0.39 is 0 Å². The summed E-state index contributed by atoms with van der Waals surface area (Å²) in [4.78, 5) is 16.3. The van der Waals surface area contributed by atoms with Crippen LogP contribution >= 0.6 is 11.8 Å². The molecule has 1 aromatic heterocycles. The topological polar surface area (TPSA) is 79.9 Å². The molecule has 1 fully saturated rings. The van der Waals surface area contributed by atoms with Crippen LogP contribution in [-0.4, -0.2) is 32.9 Å². The first-order chi connectivity index (χ1) is 11.8. The summed E-state index contributed by atoms with van der Waals surface area (Å²) in [6.45, 7) is 0.325. The highest BCUT2D eigenvalue weighted by Gasteiger charge is 2.16. The van der Waals surface area contributed by atoms with Gasteiger partial charge in [0, 0.05) is 6.04 Å². The number of H-pyrrole nitrogens is 1. The molecule has 1 heterocycles. The van der Waals surface area contributed by atoms with E-state index in [1.165, 1.54) is 31.0 Å². The summed E-state index contributed by atoms with van der Waals surface area (Å²) < 4.78 is 5.61. The summed E-state index contributed by atoms with van der Waals surface area (Å²) in [7, 11) is 0. The summed E-state index contributed by atoms with van der Waals surface area (Å²) in [6, 6.07) is 9.90. The Hall–Kier alpha value is -2.02. The number of hydrogen-bond acceptors (Lipinski definition) is 5. The lowest BCUT2D eigenvalue weighted by Gasteiger charge is -2.22. The van der Waals surface area contributed by atoms with E-state index in [9.17, 15) is 4.79 Å². The molecule has 1 amide bonds. The second-order valence-corrected chi connectivity index (χ2v) is 6.80. The van der Waals surface area contributed by atoms with Gasteiger partial charge < -0.3 is 10.1 Å². The van der Waals surface area contributed by atoms with Crippen LogP contribution in [0, 0.1) is 0 Å². The predicted molar refractivity (Wildman–Crippen MR) is 92.9 cm³/mol. The van der Waals surface area contributed by atoms with Crippen molar-refractivity contribution in [1.29, 1.82) is 0 Å². The number of hydrogen-bond donors (Lipinski definition) is 2. The van der Waals surface area contributed by atoms with Crippen molar-refractivity contribution in [2.24, 2.45) is 0 Å². The zero-order valence-electron chi connectivity index (χ0n) is 13.5. The number of para-hydroxylation sites is 1. The Labute approximate surface area is 145 Å². The van der Waals surface area contributed by atoms with Crippen LogP contribution in [0.15, 0.2) is 35.5 Å². The molecule has 1 aliphatic carbocycles. The predicted octanol–water partition coefficient (Wildman–Crippen LogP) is 2.92. The minimum atomic E-state index is 0.0544. The Bertz CT molecular complexity index is 641. The second-order valence-electron chi connectivity index (χ2n) is 5.86. The highest BCUT2D eigenvalue weighted by atomic mass is 32.2. The quantitative estimate of drug-likeness (QED) is 0.754. The van der Waals surface area contributed by atoms with Crippen LogP contribution in [0.5, 0.6) is 5.75 Å². The molecule has 1 aromatic carbocycles. The molecule has 128 valence electrons. The van der Waals surface area contributed by atoms with Gasteiger partial charge in [-0.25, -0.2) is 4.98 Å². The molecule has 3 rings (SSSR count). The number of nitrogens with one attached hydrogen (secondary N) is 2. The van der Waals surface area contributed by atoms with Gasteiger partial charge in [-0.1, -0.05) is 49.2 Å². The number of rotatable bonds is 7. The maximum atomic E-state index is 12.0. The second kappa shape index (κ2) is 8.73. The highest BCUT2D eigenvalue weighted by molar-refractivity contribution is 7.99. The van der Waals surface area contributed by atoms with Crippen LogP contribution in [0.3, 0.4) is 0 Å². The van der Waals surface area contributed by atoms with Gasteiger partial charge in [-0.3, -0.25) is 9.89 Å². The number of benzene rings is 1. The first kappa shape index (κ1) is 16.8. The minimum Gasteiger partial charge on any atom is -0.486 e. The van der Waals surface area contributed by atoms with Crippen LogP contribution in [0.2, 0.25) is 0 Å². The standard InChI is InChI=1S/C17H22N4O2S/c22-16(18-13-7-3-1-4-8-13)12-24-17-19-15(20-21-17)11-23-14-9-5-2-6-10-14/h2,5-6,9-10,13H,1,3-4,7-8,11-12H2,(H,18,22)(H,19,20,21). The molecule has 0 aliphatic heterocycles. The van der Waals surface area contributed by atoms with E-state index in [-0.39, 0.29) is 5.91 Å². The molecule has 2 N–H and O–H groups in total. The normalized spacial score (nSPS) is 15.2. The Balaban J connectivity index is 1.40. The van der Waals surface area contributed by atoms with Crippen LogP contribution in [0.1, 0.15) is 37.9 Å². The number of amides is 1. The van der Waals surface area contributed by atoms with Crippen molar-refractivity contribution in [3.05, 3.63) is 36.2 Å². The van der Waals surface area contributed by atoms with Crippen LogP contribution in [0.25, 0.3) is 0 Å². The summed E-state index contributed by atoms with van der Waals surface area (Å²) in [5.41, 5.74) is 0. The molecule has 2 aromatic rings. The van der Waals surface area contributed by atoms with Crippen LogP contribution in [-0.2, 0) is 11.4 Å². The van der Waals surface area contributed by atoms with Gasteiger partial charge in [-0.2, -0.15) is 0 Å². The average molecular weight is 346 g/mol. The molecule has 7 heteroatoms. The number of carbonyl (C=O) groups is 1. The third-order valence-electron chi connectivity index (χ3n) is 3.93. The van der Waals surface area contributed by atoms with E-state index in [1.54, 1.807) is 0 Å². The number of carbonyl (C=O) groups excluding carboxylic acids is 1. The fraction of sp³-hybridized carbons (Fsp3) is 0.471. The first-order valence-corrected chi connectivity index (χ1v) is 9.29. The van der Waals surface area contributed by atoms with Gasteiger partial charge in [0.25, 0.3) is 0 Å². The third kappa shape index (κ3) is 5.26. The largest absolute Gasteiger partial charge is 0.486 e. The number of aromatic nitrogens is 3. The van der Waals surface area contributed by atoms with Crippen LogP contribution < -0.4 is 10.1 Å². The molecule has 6 nitrogen and oxygen atoms in total. The Morgan fingerprint density at radius 2 is 2.04 bits per heavy atom. The average Bonchev–Trinajstić information content (AvgIpc) is 3.08. The summed E-state index contributed by atoms with van der Waals surface area (Å²) in [5, 5.41) is 10.6. The molecular formula is C17H22N4O2S. The van der Waals surface area contributed by atoms with Crippen molar-refractivity contribution in [3.8, 4) is 5.75 Å². The highest BCUT2D eigenvalue weighted by Crippen LogP contribution is 2.18. The summed E-state index contributed by atoms with van der Waals surface area (Å²) in [5.74, 6) is 1.83. The zero-order chi connectivity index (χ0) is 16.6. The van der Waals surface area contributed by atoms with Gasteiger partial charge in [-0.15, -0.1) is 5.10 Å². The van der Waals surface area contributed by atoms with E-state index in [0.717, 1.165) is 18.6 Å². The Kier molecular flexibility index (Phi) is 6.12. The summed E-state index contributed by atoms with van der Waals surface area (Å²) >= 11 is 1.34. The van der Waals surface area contributed by atoms with Crippen molar-refractivity contribution in [1.82, 2.24) is 20.5 Å². The van der Waals surface area contributed by atoms with E-state index in [1.807, 2.05) is 30.3 Å². The first-order valence-electron chi connectivity index (χ1n) is 8.31. The van der Waals surface area contributed by atoms with Gasteiger partial charge in [-0.05, 0) is 25.0 Å². The molecule has 0 saturated heterocycles. The number of aromatic amines is 1. The van der Waals surface area contributed by atoms with Crippen molar-refractivity contribution in [3.63, 3.8) is 0 Å². The Morgan fingerprint density at radius 3 is 2.83 bits per heavy atom. The molecule has 0 atom stereocenters. The fourth-order valence-corrected chi connectivity index (χ4v) is 3.35. The molecule has 0 spiro atoms. The van der Waals surface area contributed by atoms with Gasteiger partial charge in [0.15, 0.2) is 5.82 Å². The van der Waals surface area contributed by atoms with Crippen molar-refractivity contribution in [2.75, 3.05) is 5.75 Å². The lowest BCUT2D eigenvalue weighted by atomic mass is 9.95. The van der Waals surface area contributed by atoms with Crippen LogP contribution in [0.4, 0.5) is 0 Å². The molecule has 0 radical (unpaired) electrons. The SMILES string of the molecule is O=C(CSc1n[nH]c(COc2ccccc2)n1)NC1CCCCC1. The zero-order valence-corrected chi connectivity index (χ0v) is 14.3. The Morgan fingerprint density at radius 1 is 1.25 bits per heavy atom. The van der Waals surface area contributed by atoms with Crippen molar-refractivity contribution >= 4 is 17.7 Å². The van der Waals surface area contributed by atoms with Gasteiger partial charge >= 0.3 is 0 Å². The van der Waals surface area contributed by atoms with E-state index in [4.69, 9.17) is 4.74 Å². The van der Waals surface area contributed by atoms with Gasteiger partial charge in [0.05, 0.1) is 5.75 Å². The molecule has 24 heavy (non-hydrogen) atoms. The molecule has 0 unspecified atom stereocenters. The van der Waals surface area contributed by atoms with Gasteiger partial charge in [0.2, 0.25) is 11.1 Å². The fourth-order valence-electron chi connectivity index (χ4n) is 2.72. The number of nitrogens with zero attached hydrogens (tertiary/aromatic N) is 2. The molecule has 0 bridgehead atoms. The van der Waals surface area contributed by atoms with Gasteiger partial charge in [0.1, 0.15) is 12.4 Å². The monoisotopic (exact) mass is 346 g/mol. The van der Waals surface area contributed by atoms with Crippen molar-refractivity contribution in [2.45, 2.75) is 49.9 Å². The number of ether oxygens (including phenoxy) is 1. The molecule has 1 saturated carbocycles. The van der Waals surface area contributed by atoms with Crippen molar-refractivity contribution < 1.29 is 9.53 Å². The maximum Gasteiger partial charge on any atom is 0.230 e. The minimum absolute atomic E-state index is 0.0544. The summed E-state index contributed by atoms with van der Waals surface area (Å²) in [6.07, 6.45) is 5.90. The molecule has 1 aliphatic rings. The smallest absolute Gasteiger partial charge is 0.230 e. The maximum absolute atomic E-state index is 12.0. The lowest BCUT2D eigenvalue weighted by Crippen LogP contribution is -2.37. The van der Waals surface area contributed by atoms with E-state index in [2.05, 4.69) is 20.5 Å². The lowest BCUT2D eigenvalue weighted by molar-refractivity contribution is -0.119. The van der Waals surface area contributed by atoms with E-state index >= 15 is 0 Å². The van der Waals surface area contributed by atoms with E-state index in [0.29, 0.717) is 29.4 Å². The third-order valence-corrected chi connectivity index (χ3v) is 4.78.